The van der Waals surface area contributed by atoms with E-state index in [0.717, 1.165) is 22.6 Å². The lowest BCUT2D eigenvalue weighted by Crippen LogP contribution is -2.36. The van der Waals surface area contributed by atoms with Gasteiger partial charge in [-0.1, -0.05) is 35.0 Å². The third-order valence-electron chi connectivity index (χ3n) is 4.62. The number of halogens is 1. The largest absolute Gasteiger partial charge is 0.493 e. The van der Waals surface area contributed by atoms with Crippen LogP contribution in [0.3, 0.4) is 0 Å². The molecule has 2 heterocycles. The number of amides is 1. The van der Waals surface area contributed by atoms with Gasteiger partial charge in [0, 0.05) is 29.1 Å². The summed E-state index contributed by atoms with van der Waals surface area (Å²) in [4.78, 5) is 14.4. The number of carbonyl (C=O) groups is 1. The van der Waals surface area contributed by atoms with Crippen LogP contribution in [0, 0.1) is 0 Å². The molecular weight excluding hydrogens is 364 g/mol. The minimum atomic E-state index is 0.0693. The SMILES string of the molecule is O=C(CCOc1ccccc1)N1CCc2noc(-c3ccc(Cl)cc3)c2C1. The number of benzene rings is 2. The molecule has 27 heavy (non-hydrogen) atoms. The smallest absolute Gasteiger partial charge is 0.226 e. The Morgan fingerprint density at radius 1 is 1.15 bits per heavy atom. The first kappa shape index (κ1) is 17.6. The van der Waals surface area contributed by atoms with Gasteiger partial charge in [-0.05, 0) is 36.4 Å². The summed E-state index contributed by atoms with van der Waals surface area (Å²) in [5.41, 5.74) is 2.81. The average Bonchev–Trinajstić information content (AvgIpc) is 3.12. The Labute approximate surface area is 162 Å². The van der Waals surface area contributed by atoms with Crippen LogP contribution >= 0.6 is 11.6 Å². The van der Waals surface area contributed by atoms with E-state index >= 15 is 0 Å². The van der Waals surface area contributed by atoms with Gasteiger partial charge in [0.1, 0.15) is 5.75 Å². The number of carbonyl (C=O) groups excluding carboxylic acids is 1. The van der Waals surface area contributed by atoms with Crippen LogP contribution in [-0.4, -0.2) is 29.1 Å². The Bertz CT molecular complexity index is 922. The van der Waals surface area contributed by atoms with Crippen LogP contribution in [0.4, 0.5) is 0 Å². The molecule has 0 saturated carbocycles. The highest BCUT2D eigenvalue weighted by Gasteiger charge is 2.27. The van der Waals surface area contributed by atoms with Gasteiger partial charge in [0.2, 0.25) is 5.91 Å². The lowest BCUT2D eigenvalue weighted by Gasteiger charge is -2.26. The van der Waals surface area contributed by atoms with Crippen molar-refractivity contribution in [3.05, 3.63) is 70.9 Å². The minimum Gasteiger partial charge on any atom is -0.493 e. The summed E-state index contributed by atoms with van der Waals surface area (Å²) in [6.45, 7) is 1.50. The summed E-state index contributed by atoms with van der Waals surface area (Å²) in [7, 11) is 0. The van der Waals surface area contributed by atoms with Crippen molar-refractivity contribution in [3.63, 3.8) is 0 Å². The lowest BCUT2D eigenvalue weighted by atomic mass is 10.0. The van der Waals surface area contributed by atoms with E-state index in [4.69, 9.17) is 20.9 Å². The van der Waals surface area contributed by atoms with Crippen LogP contribution < -0.4 is 4.74 Å². The molecule has 1 aliphatic rings. The second-order valence-electron chi connectivity index (χ2n) is 6.42. The molecule has 1 aliphatic heterocycles. The monoisotopic (exact) mass is 382 g/mol. The lowest BCUT2D eigenvalue weighted by molar-refractivity contribution is -0.132. The van der Waals surface area contributed by atoms with E-state index in [0.29, 0.717) is 43.3 Å². The Balaban J connectivity index is 1.41. The van der Waals surface area contributed by atoms with Gasteiger partial charge in [0.25, 0.3) is 0 Å². The molecule has 2 aromatic carbocycles. The Morgan fingerprint density at radius 3 is 2.70 bits per heavy atom. The maximum absolute atomic E-state index is 12.6. The third kappa shape index (κ3) is 3.98. The molecule has 0 fully saturated rings. The predicted molar refractivity (Wildman–Crippen MR) is 103 cm³/mol. The summed E-state index contributed by atoms with van der Waals surface area (Å²) in [6.07, 6.45) is 1.03. The first-order chi connectivity index (χ1) is 13.2. The Hall–Kier alpha value is -2.79. The number of nitrogens with zero attached hydrogens (tertiary/aromatic N) is 2. The zero-order chi connectivity index (χ0) is 18.6. The quantitative estimate of drug-likeness (QED) is 0.658. The summed E-state index contributed by atoms with van der Waals surface area (Å²) in [6, 6.07) is 17.0. The van der Waals surface area contributed by atoms with E-state index in [1.54, 1.807) is 0 Å². The van der Waals surface area contributed by atoms with Crippen molar-refractivity contribution in [2.45, 2.75) is 19.4 Å². The molecule has 0 bridgehead atoms. The van der Waals surface area contributed by atoms with Gasteiger partial charge in [0.15, 0.2) is 5.76 Å². The molecule has 0 radical (unpaired) electrons. The number of hydrogen-bond donors (Lipinski definition) is 0. The van der Waals surface area contributed by atoms with Gasteiger partial charge in [-0.25, -0.2) is 0 Å². The Kier molecular flexibility index (Phi) is 5.12. The molecule has 1 amide bonds. The maximum Gasteiger partial charge on any atom is 0.226 e. The zero-order valence-corrected chi connectivity index (χ0v) is 15.5. The standard InChI is InChI=1S/C21H19ClN2O3/c22-16-8-6-15(7-9-16)21-18-14-24(12-10-19(18)23-27-21)20(25)11-13-26-17-4-2-1-3-5-17/h1-9H,10-14H2. The highest BCUT2D eigenvalue weighted by atomic mass is 35.5. The summed E-state index contributed by atoms with van der Waals surface area (Å²) >= 11 is 5.96. The number of aromatic nitrogens is 1. The van der Waals surface area contributed by atoms with E-state index < -0.39 is 0 Å². The minimum absolute atomic E-state index is 0.0693. The average molecular weight is 383 g/mol. The second kappa shape index (κ2) is 7.84. The molecular formula is C21H19ClN2O3. The molecule has 3 aromatic rings. The van der Waals surface area contributed by atoms with E-state index in [1.165, 1.54) is 0 Å². The zero-order valence-electron chi connectivity index (χ0n) is 14.7. The van der Waals surface area contributed by atoms with Gasteiger partial charge in [-0.2, -0.15) is 0 Å². The van der Waals surface area contributed by atoms with Crippen molar-refractivity contribution < 1.29 is 14.1 Å². The molecule has 1 aromatic heterocycles. The maximum atomic E-state index is 12.6. The highest BCUT2D eigenvalue weighted by Crippen LogP contribution is 2.31. The third-order valence-corrected chi connectivity index (χ3v) is 4.88. The first-order valence-electron chi connectivity index (χ1n) is 8.89. The fraction of sp³-hybridized carbons (Fsp3) is 0.238. The summed E-state index contributed by atoms with van der Waals surface area (Å²) < 4.78 is 11.2. The normalized spacial score (nSPS) is 13.3. The van der Waals surface area contributed by atoms with E-state index in [9.17, 15) is 4.79 Å². The van der Waals surface area contributed by atoms with Gasteiger partial charge < -0.3 is 14.2 Å². The topological polar surface area (TPSA) is 55.6 Å². The van der Waals surface area contributed by atoms with Crippen LogP contribution in [0.1, 0.15) is 17.7 Å². The predicted octanol–water partition coefficient (Wildman–Crippen LogP) is 4.35. The van der Waals surface area contributed by atoms with Crippen molar-refractivity contribution in [1.82, 2.24) is 10.1 Å². The van der Waals surface area contributed by atoms with Gasteiger partial charge in [-0.15, -0.1) is 0 Å². The van der Waals surface area contributed by atoms with E-state index in [-0.39, 0.29) is 5.91 Å². The van der Waals surface area contributed by atoms with Gasteiger partial charge >= 0.3 is 0 Å². The fourth-order valence-corrected chi connectivity index (χ4v) is 3.31. The van der Waals surface area contributed by atoms with Crippen molar-refractivity contribution in [3.8, 4) is 17.1 Å². The van der Waals surface area contributed by atoms with E-state index in [2.05, 4.69) is 5.16 Å². The molecule has 4 rings (SSSR count). The van der Waals surface area contributed by atoms with Gasteiger partial charge in [-0.3, -0.25) is 4.79 Å². The molecule has 5 nitrogen and oxygen atoms in total. The number of ether oxygens (including phenoxy) is 1. The second-order valence-corrected chi connectivity index (χ2v) is 6.86. The first-order valence-corrected chi connectivity index (χ1v) is 9.27. The molecule has 6 heteroatoms. The summed E-state index contributed by atoms with van der Waals surface area (Å²) in [5.74, 6) is 1.55. The Morgan fingerprint density at radius 2 is 1.93 bits per heavy atom. The van der Waals surface area contributed by atoms with Crippen molar-refractivity contribution in [1.29, 1.82) is 0 Å². The number of para-hydroxylation sites is 1. The van der Waals surface area contributed by atoms with Crippen LogP contribution in [0.2, 0.25) is 5.02 Å². The molecule has 0 spiro atoms. The van der Waals surface area contributed by atoms with Crippen LogP contribution in [-0.2, 0) is 17.8 Å². The van der Waals surface area contributed by atoms with Crippen LogP contribution in [0.5, 0.6) is 5.75 Å². The van der Waals surface area contributed by atoms with Crippen molar-refractivity contribution in [2.24, 2.45) is 0 Å². The fourth-order valence-electron chi connectivity index (χ4n) is 3.18. The van der Waals surface area contributed by atoms with Crippen molar-refractivity contribution in [2.75, 3.05) is 13.2 Å². The molecule has 138 valence electrons. The molecule has 0 atom stereocenters. The molecule has 0 unspecified atom stereocenters. The van der Waals surface area contributed by atoms with Crippen LogP contribution in [0.25, 0.3) is 11.3 Å². The van der Waals surface area contributed by atoms with Crippen LogP contribution in [0.15, 0.2) is 59.1 Å². The number of hydrogen-bond acceptors (Lipinski definition) is 4. The summed E-state index contributed by atoms with van der Waals surface area (Å²) in [5, 5.41) is 4.85. The number of rotatable bonds is 5. The molecule has 0 saturated heterocycles. The highest BCUT2D eigenvalue weighted by molar-refractivity contribution is 6.30. The number of fused-ring (bicyclic) bond motifs is 1. The molecule has 0 aliphatic carbocycles. The van der Waals surface area contributed by atoms with Gasteiger partial charge in [0.05, 0.1) is 25.3 Å². The van der Waals surface area contributed by atoms with E-state index in [1.807, 2.05) is 59.5 Å². The van der Waals surface area contributed by atoms with Crippen molar-refractivity contribution >= 4 is 17.5 Å². The molecule has 0 N–H and O–H groups in total.